The Kier molecular flexibility index (Phi) is 3.93. The van der Waals surface area contributed by atoms with Gasteiger partial charge in [-0.1, -0.05) is 0 Å². The van der Waals surface area contributed by atoms with Crippen molar-refractivity contribution in [3.8, 4) is 0 Å². The van der Waals surface area contributed by atoms with E-state index < -0.39 is 21.9 Å². The number of morpholine rings is 1. The molecule has 0 spiro atoms. The van der Waals surface area contributed by atoms with Crippen LogP contribution in [0.4, 0.5) is 0 Å². The van der Waals surface area contributed by atoms with E-state index in [1.54, 1.807) is 0 Å². The van der Waals surface area contributed by atoms with Gasteiger partial charge in [-0.05, 0) is 19.2 Å². The van der Waals surface area contributed by atoms with Crippen molar-refractivity contribution in [2.75, 3.05) is 32.5 Å². The summed E-state index contributed by atoms with van der Waals surface area (Å²) in [5, 5.41) is 8.37. The van der Waals surface area contributed by atoms with Gasteiger partial charge in [0.15, 0.2) is 0 Å². The van der Waals surface area contributed by atoms with Crippen LogP contribution in [0.5, 0.6) is 0 Å². The number of ether oxygens (including phenoxy) is 1. The maximum atomic E-state index is 12.1. The molecule has 1 aromatic heterocycles. The molecule has 1 N–H and O–H groups in total. The summed E-state index contributed by atoms with van der Waals surface area (Å²) < 4.78 is 34.3. The SMILES string of the molecule is CN1CCOC(CS(=O)(=O)c2ccc(C(=O)O)o2)C1. The van der Waals surface area contributed by atoms with Crippen molar-refractivity contribution in [2.24, 2.45) is 0 Å². The van der Waals surface area contributed by atoms with Crippen molar-refractivity contribution in [2.45, 2.75) is 11.2 Å². The molecule has 7 nitrogen and oxygen atoms in total. The molecule has 1 aliphatic heterocycles. The van der Waals surface area contributed by atoms with Crippen molar-refractivity contribution in [3.05, 3.63) is 17.9 Å². The van der Waals surface area contributed by atoms with E-state index >= 15 is 0 Å². The van der Waals surface area contributed by atoms with Gasteiger partial charge in [0.05, 0.1) is 18.5 Å². The molecular formula is C11H15NO6S. The standard InChI is InChI=1S/C11H15NO6S/c1-12-4-5-17-8(6-12)7-19(15,16)10-3-2-9(18-10)11(13)14/h2-3,8H,4-7H2,1H3,(H,13,14). The Bertz CT molecular complexity index is 563. The number of carboxylic acids is 1. The minimum absolute atomic E-state index is 0.218. The number of aromatic carboxylic acids is 1. The molecule has 2 heterocycles. The van der Waals surface area contributed by atoms with Gasteiger partial charge in [0.1, 0.15) is 0 Å². The molecule has 2 rings (SSSR count). The van der Waals surface area contributed by atoms with Gasteiger partial charge >= 0.3 is 5.97 Å². The number of nitrogens with zero attached hydrogens (tertiary/aromatic N) is 1. The summed E-state index contributed by atoms with van der Waals surface area (Å²) in [7, 11) is -1.79. The molecule has 106 valence electrons. The van der Waals surface area contributed by atoms with Crippen LogP contribution in [0.15, 0.2) is 21.6 Å². The largest absolute Gasteiger partial charge is 0.475 e. The van der Waals surface area contributed by atoms with Crippen molar-refractivity contribution in [3.63, 3.8) is 0 Å². The van der Waals surface area contributed by atoms with Crippen LogP contribution in [-0.2, 0) is 14.6 Å². The van der Waals surface area contributed by atoms with Gasteiger partial charge in [0.25, 0.3) is 0 Å². The Labute approximate surface area is 110 Å². The smallest absolute Gasteiger partial charge is 0.371 e. The number of rotatable bonds is 4. The summed E-state index contributed by atoms with van der Waals surface area (Å²) in [5.41, 5.74) is 0. The molecule has 0 amide bonds. The molecule has 0 radical (unpaired) electrons. The zero-order valence-corrected chi connectivity index (χ0v) is 11.2. The molecule has 8 heteroatoms. The van der Waals surface area contributed by atoms with Gasteiger partial charge < -0.3 is 19.2 Å². The van der Waals surface area contributed by atoms with E-state index in [9.17, 15) is 13.2 Å². The lowest BCUT2D eigenvalue weighted by Gasteiger charge is -2.29. The first-order valence-electron chi connectivity index (χ1n) is 5.74. The molecule has 0 aliphatic carbocycles. The van der Waals surface area contributed by atoms with Crippen LogP contribution in [0.2, 0.25) is 0 Å². The van der Waals surface area contributed by atoms with Crippen molar-refractivity contribution in [1.82, 2.24) is 4.90 Å². The first-order valence-corrected chi connectivity index (χ1v) is 7.40. The number of hydrogen-bond acceptors (Lipinski definition) is 6. The second-order valence-corrected chi connectivity index (χ2v) is 6.43. The van der Waals surface area contributed by atoms with Gasteiger partial charge in [-0.2, -0.15) is 0 Å². The Morgan fingerprint density at radius 2 is 2.26 bits per heavy atom. The maximum absolute atomic E-state index is 12.1. The van der Waals surface area contributed by atoms with Crippen LogP contribution in [0.3, 0.4) is 0 Å². The highest BCUT2D eigenvalue weighted by Gasteiger charge is 2.28. The lowest BCUT2D eigenvalue weighted by atomic mass is 10.3. The van der Waals surface area contributed by atoms with Crippen LogP contribution in [0, 0.1) is 0 Å². The van der Waals surface area contributed by atoms with Crippen LogP contribution < -0.4 is 0 Å². The Morgan fingerprint density at radius 3 is 2.84 bits per heavy atom. The Balaban J connectivity index is 2.10. The maximum Gasteiger partial charge on any atom is 0.371 e. The van der Waals surface area contributed by atoms with Gasteiger partial charge in [-0.25, -0.2) is 13.2 Å². The highest BCUT2D eigenvalue weighted by molar-refractivity contribution is 7.91. The molecule has 0 saturated carbocycles. The number of sulfone groups is 1. The monoisotopic (exact) mass is 289 g/mol. The van der Waals surface area contributed by atoms with Crippen LogP contribution in [0.25, 0.3) is 0 Å². The predicted octanol–water partition coefficient (Wildman–Crippen LogP) is 0.0821. The number of carboxylic acid groups (broad SMARTS) is 1. The third kappa shape index (κ3) is 3.34. The summed E-state index contributed by atoms with van der Waals surface area (Å²) in [4.78, 5) is 12.6. The average molecular weight is 289 g/mol. The second kappa shape index (κ2) is 5.32. The number of likely N-dealkylation sites (N-methyl/N-ethyl adjacent to an activating group) is 1. The average Bonchev–Trinajstić information content (AvgIpc) is 2.78. The molecular weight excluding hydrogens is 274 g/mol. The summed E-state index contributed by atoms with van der Waals surface area (Å²) >= 11 is 0. The Morgan fingerprint density at radius 1 is 1.53 bits per heavy atom. The van der Waals surface area contributed by atoms with Crippen molar-refractivity contribution >= 4 is 15.8 Å². The van der Waals surface area contributed by atoms with Gasteiger partial charge in [-0.3, -0.25) is 0 Å². The quantitative estimate of drug-likeness (QED) is 0.838. The highest BCUT2D eigenvalue weighted by Crippen LogP contribution is 2.18. The fourth-order valence-corrected chi connectivity index (χ4v) is 3.24. The molecule has 0 bridgehead atoms. The normalized spacial score (nSPS) is 21.4. The van der Waals surface area contributed by atoms with Gasteiger partial charge in [0, 0.05) is 13.1 Å². The van der Waals surface area contributed by atoms with E-state index in [4.69, 9.17) is 14.3 Å². The highest BCUT2D eigenvalue weighted by atomic mass is 32.2. The first-order chi connectivity index (χ1) is 8.88. The Hall–Kier alpha value is -1.38. The van der Waals surface area contributed by atoms with Crippen LogP contribution >= 0.6 is 0 Å². The fourth-order valence-electron chi connectivity index (χ4n) is 1.90. The molecule has 1 saturated heterocycles. The van der Waals surface area contributed by atoms with Crippen molar-refractivity contribution in [1.29, 1.82) is 0 Å². The second-order valence-electron chi connectivity index (χ2n) is 4.46. The summed E-state index contributed by atoms with van der Waals surface area (Å²) in [6.07, 6.45) is -0.429. The molecule has 19 heavy (non-hydrogen) atoms. The number of carbonyl (C=O) groups is 1. The zero-order valence-electron chi connectivity index (χ0n) is 10.4. The minimum atomic E-state index is -3.68. The minimum Gasteiger partial charge on any atom is -0.475 e. The lowest BCUT2D eigenvalue weighted by molar-refractivity contribution is -0.00691. The predicted molar refractivity (Wildman–Crippen MR) is 65.0 cm³/mol. The van der Waals surface area contributed by atoms with E-state index in [0.717, 1.165) is 18.7 Å². The molecule has 1 fully saturated rings. The van der Waals surface area contributed by atoms with E-state index in [0.29, 0.717) is 13.2 Å². The van der Waals surface area contributed by atoms with E-state index in [1.165, 1.54) is 0 Å². The number of hydrogen-bond donors (Lipinski definition) is 1. The van der Waals surface area contributed by atoms with Crippen LogP contribution in [-0.4, -0.2) is 63.0 Å². The molecule has 1 atom stereocenters. The summed E-state index contributed by atoms with van der Waals surface area (Å²) in [6.45, 7) is 1.77. The lowest BCUT2D eigenvalue weighted by Crippen LogP contribution is -2.43. The molecule has 0 aromatic carbocycles. The van der Waals surface area contributed by atoms with Crippen LogP contribution in [0.1, 0.15) is 10.6 Å². The summed E-state index contributed by atoms with van der Waals surface area (Å²) in [5.74, 6) is -1.90. The van der Waals surface area contributed by atoms with E-state index in [2.05, 4.69) is 0 Å². The number of furan rings is 1. The van der Waals surface area contributed by atoms with Gasteiger partial charge in [0.2, 0.25) is 20.7 Å². The van der Waals surface area contributed by atoms with Crippen molar-refractivity contribution < 1.29 is 27.5 Å². The zero-order chi connectivity index (χ0) is 14.0. The summed E-state index contributed by atoms with van der Waals surface area (Å²) in [6, 6.07) is 2.29. The third-order valence-corrected chi connectivity index (χ3v) is 4.49. The van der Waals surface area contributed by atoms with E-state index in [-0.39, 0.29) is 16.6 Å². The third-order valence-electron chi connectivity index (χ3n) is 2.85. The van der Waals surface area contributed by atoms with Gasteiger partial charge in [-0.15, -0.1) is 0 Å². The molecule has 1 unspecified atom stereocenters. The topological polar surface area (TPSA) is 97.0 Å². The first kappa shape index (κ1) is 14.0. The molecule has 1 aromatic rings. The fraction of sp³-hybridized carbons (Fsp3) is 0.545. The molecule has 1 aliphatic rings. The van der Waals surface area contributed by atoms with E-state index in [1.807, 2.05) is 11.9 Å².